The summed E-state index contributed by atoms with van der Waals surface area (Å²) < 4.78 is 1.50. The molecule has 1 heterocycles. The Balaban J connectivity index is 2.66. The molecule has 0 spiro atoms. The first-order valence-electron chi connectivity index (χ1n) is 5.30. The van der Waals surface area contributed by atoms with Gasteiger partial charge in [-0.15, -0.1) is 0 Å². The van der Waals surface area contributed by atoms with E-state index in [1.54, 1.807) is 0 Å². The van der Waals surface area contributed by atoms with Crippen LogP contribution in [-0.2, 0) is 4.79 Å². The Bertz CT molecular complexity index is 655. The number of aromatic nitrogens is 2. The van der Waals surface area contributed by atoms with Gasteiger partial charge in [-0.1, -0.05) is 29.5 Å². The molecule has 0 N–H and O–H groups in total. The highest BCUT2D eigenvalue weighted by Gasteiger charge is 2.10. The van der Waals surface area contributed by atoms with Crippen LogP contribution in [0.25, 0.3) is 5.69 Å². The van der Waals surface area contributed by atoms with Gasteiger partial charge >= 0.3 is 0 Å². The third-order valence-electron chi connectivity index (χ3n) is 2.12. The van der Waals surface area contributed by atoms with Crippen LogP contribution in [0.3, 0.4) is 0 Å². The number of amides is 1. The van der Waals surface area contributed by atoms with Crippen molar-refractivity contribution in [2.45, 2.75) is 13.8 Å². The SMILES string of the molecule is CC(=O)N=c1sc(C(C)=O)nn1-c1ccccc1. The fourth-order valence-electron chi connectivity index (χ4n) is 1.37. The van der Waals surface area contributed by atoms with E-state index in [4.69, 9.17) is 0 Å². The zero-order valence-electron chi connectivity index (χ0n) is 9.95. The van der Waals surface area contributed by atoms with Crippen LogP contribution in [0.1, 0.15) is 23.6 Å². The summed E-state index contributed by atoms with van der Waals surface area (Å²) in [7, 11) is 0. The van der Waals surface area contributed by atoms with Crippen LogP contribution >= 0.6 is 11.3 Å². The largest absolute Gasteiger partial charge is 0.292 e. The number of rotatable bonds is 2. The lowest BCUT2D eigenvalue weighted by molar-refractivity contribution is -0.116. The van der Waals surface area contributed by atoms with E-state index in [1.165, 1.54) is 18.5 Å². The van der Waals surface area contributed by atoms with Crippen molar-refractivity contribution in [2.24, 2.45) is 4.99 Å². The van der Waals surface area contributed by atoms with Crippen LogP contribution in [-0.4, -0.2) is 21.5 Å². The molecule has 5 nitrogen and oxygen atoms in total. The number of hydrogen-bond acceptors (Lipinski definition) is 4. The molecule has 1 aromatic heterocycles. The summed E-state index contributed by atoms with van der Waals surface area (Å²) in [5.41, 5.74) is 0.765. The summed E-state index contributed by atoms with van der Waals surface area (Å²) in [5.74, 6) is -0.465. The van der Waals surface area contributed by atoms with E-state index in [2.05, 4.69) is 10.1 Å². The van der Waals surface area contributed by atoms with E-state index < -0.39 is 0 Å². The van der Waals surface area contributed by atoms with Crippen molar-refractivity contribution in [3.05, 3.63) is 40.1 Å². The number of carbonyl (C=O) groups excluding carboxylic acids is 2. The molecule has 0 radical (unpaired) electrons. The van der Waals surface area contributed by atoms with Crippen molar-refractivity contribution in [1.82, 2.24) is 9.78 Å². The molecule has 0 unspecified atom stereocenters. The van der Waals surface area contributed by atoms with Crippen LogP contribution < -0.4 is 4.80 Å². The zero-order valence-corrected chi connectivity index (χ0v) is 10.8. The molecule has 92 valence electrons. The molecule has 0 saturated heterocycles. The average Bonchev–Trinajstić information content (AvgIpc) is 2.73. The van der Waals surface area contributed by atoms with E-state index in [1.807, 2.05) is 30.3 Å². The maximum atomic E-state index is 11.3. The molecule has 0 aliphatic heterocycles. The van der Waals surface area contributed by atoms with Gasteiger partial charge in [0.1, 0.15) is 0 Å². The first-order chi connectivity index (χ1) is 8.58. The Labute approximate surface area is 107 Å². The molecular weight excluding hydrogens is 250 g/mol. The first kappa shape index (κ1) is 12.4. The smallest absolute Gasteiger partial charge is 0.245 e. The number of para-hydroxylation sites is 1. The molecule has 0 atom stereocenters. The van der Waals surface area contributed by atoms with Gasteiger partial charge in [-0.25, -0.2) is 4.68 Å². The highest BCUT2D eigenvalue weighted by atomic mass is 32.1. The van der Waals surface area contributed by atoms with Gasteiger partial charge < -0.3 is 0 Å². The second-order valence-corrected chi connectivity index (χ2v) is 4.58. The van der Waals surface area contributed by atoms with Crippen molar-refractivity contribution in [3.63, 3.8) is 0 Å². The van der Waals surface area contributed by atoms with Gasteiger partial charge in [-0.05, 0) is 12.1 Å². The number of carbonyl (C=O) groups is 2. The zero-order chi connectivity index (χ0) is 13.1. The molecule has 1 aromatic carbocycles. The normalized spacial score (nSPS) is 11.6. The highest BCUT2D eigenvalue weighted by Crippen LogP contribution is 2.07. The van der Waals surface area contributed by atoms with Crippen LogP contribution in [0, 0.1) is 0 Å². The molecule has 0 aliphatic rings. The number of ketones is 1. The third kappa shape index (κ3) is 2.60. The van der Waals surface area contributed by atoms with Crippen LogP contribution in [0.15, 0.2) is 35.3 Å². The molecule has 2 rings (SSSR count). The predicted octanol–water partition coefficient (Wildman–Crippen LogP) is 1.58. The molecular formula is C12H11N3O2S. The van der Waals surface area contributed by atoms with Crippen LogP contribution in [0.5, 0.6) is 0 Å². The van der Waals surface area contributed by atoms with Crippen molar-refractivity contribution < 1.29 is 9.59 Å². The van der Waals surface area contributed by atoms with Gasteiger partial charge in [0.15, 0.2) is 10.8 Å². The average molecular weight is 261 g/mol. The van der Waals surface area contributed by atoms with Gasteiger partial charge in [-0.3, -0.25) is 9.59 Å². The molecule has 0 saturated carbocycles. The van der Waals surface area contributed by atoms with Gasteiger partial charge in [0.25, 0.3) is 0 Å². The summed E-state index contributed by atoms with van der Waals surface area (Å²) in [4.78, 5) is 26.7. The van der Waals surface area contributed by atoms with E-state index in [-0.39, 0.29) is 11.7 Å². The Hall–Kier alpha value is -2.08. The van der Waals surface area contributed by atoms with E-state index in [0.29, 0.717) is 9.81 Å². The number of nitrogens with zero attached hydrogens (tertiary/aromatic N) is 3. The maximum absolute atomic E-state index is 11.3. The molecule has 6 heteroatoms. The second-order valence-electron chi connectivity index (χ2n) is 3.62. The lowest BCUT2D eigenvalue weighted by Crippen LogP contribution is -2.15. The summed E-state index contributed by atoms with van der Waals surface area (Å²) in [6.45, 7) is 2.80. The Kier molecular flexibility index (Phi) is 3.47. The van der Waals surface area contributed by atoms with Crippen molar-refractivity contribution in [3.8, 4) is 5.69 Å². The Morgan fingerprint density at radius 3 is 2.44 bits per heavy atom. The predicted molar refractivity (Wildman–Crippen MR) is 67.7 cm³/mol. The number of benzene rings is 1. The number of hydrogen-bond donors (Lipinski definition) is 0. The standard InChI is InChI=1S/C12H11N3O2S/c1-8(16)11-14-15(10-6-4-3-5-7-10)12(18-11)13-9(2)17/h3-7H,1-2H3. The fraction of sp³-hybridized carbons (Fsp3) is 0.167. The minimum atomic E-state index is -0.321. The summed E-state index contributed by atoms with van der Waals surface area (Å²) in [6, 6.07) is 9.26. The van der Waals surface area contributed by atoms with Crippen LogP contribution in [0.4, 0.5) is 0 Å². The van der Waals surface area contributed by atoms with Crippen molar-refractivity contribution >= 4 is 23.0 Å². The molecule has 18 heavy (non-hydrogen) atoms. The van der Waals surface area contributed by atoms with Crippen molar-refractivity contribution in [1.29, 1.82) is 0 Å². The van der Waals surface area contributed by atoms with Gasteiger partial charge in [0, 0.05) is 13.8 Å². The summed E-state index contributed by atoms with van der Waals surface area (Å²) in [6.07, 6.45) is 0. The topological polar surface area (TPSA) is 64.3 Å². The lowest BCUT2D eigenvalue weighted by atomic mass is 10.3. The Morgan fingerprint density at radius 2 is 1.89 bits per heavy atom. The molecule has 0 fully saturated rings. The van der Waals surface area contributed by atoms with Gasteiger partial charge in [0.2, 0.25) is 10.7 Å². The quantitative estimate of drug-likeness (QED) is 0.771. The summed E-state index contributed by atoms with van der Waals surface area (Å²) in [5, 5.41) is 4.50. The third-order valence-corrected chi connectivity index (χ3v) is 3.12. The molecule has 0 aliphatic carbocycles. The molecule has 1 amide bonds. The Morgan fingerprint density at radius 1 is 1.22 bits per heavy atom. The fourth-order valence-corrected chi connectivity index (χ4v) is 2.21. The minimum Gasteiger partial charge on any atom is -0.292 e. The van der Waals surface area contributed by atoms with Gasteiger partial charge in [0.05, 0.1) is 5.69 Å². The van der Waals surface area contributed by atoms with Crippen molar-refractivity contribution in [2.75, 3.05) is 0 Å². The van der Waals surface area contributed by atoms with E-state index in [0.717, 1.165) is 17.0 Å². The number of Topliss-reactive ketones (excluding diaryl/α,β-unsaturated/α-hetero) is 1. The highest BCUT2D eigenvalue weighted by molar-refractivity contribution is 7.11. The summed E-state index contributed by atoms with van der Waals surface area (Å²) >= 11 is 1.11. The molecule has 0 bridgehead atoms. The first-order valence-corrected chi connectivity index (χ1v) is 6.11. The lowest BCUT2D eigenvalue weighted by Gasteiger charge is -1.98. The van der Waals surface area contributed by atoms with Crippen LogP contribution in [0.2, 0.25) is 0 Å². The monoisotopic (exact) mass is 261 g/mol. The molecule has 2 aromatic rings. The minimum absolute atomic E-state index is 0.144. The van der Waals surface area contributed by atoms with E-state index in [9.17, 15) is 9.59 Å². The maximum Gasteiger partial charge on any atom is 0.245 e. The second kappa shape index (κ2) is 5.05. The van der Waals surface area contributed by atoms with Gasteiger partial charge in [-0.2, -0.15) is 10.1 Å². The van der Waals surface area contributed by atoms with E-state index >= 15 is 0 Å².